The molecule has 0 saturated carbocycles. The third-order valence-electron chi connectivity index (χ3n) is 8.13. The lowest BCUT2D eigenvalue weighted by Gasteiger charge is -2.10. The summed E-state index contributed by atoms with van der Waals surface area (Å²) < 4.78 is 4.49. The number of para-hydroxylation sites is 3. The van der Waals surface area contributed by atoms with Gasteiger partial charge in [0.25, 0.3) is 0 Å². The van der Waals surface area contributed by atoms with E-state index < -0.39 is 0 Å². The molecule has 0 aliphatic heterocycles. The van der Waals surface area contributed by atoms with Crippen LogP contribution in [0.2, 0.25) is 0 Å². The standard InChI is InChI=1S/C38H22N4/c39-23-25-18-26(24-40)20-30(19-25)42-36-13-7-5-11-32(36)34-21-27(15-17-37(34)42)28-14-16-33-31-10-4-6-12-35(31)41(38(33)22-28)29-8-2-1-3-9-29/h1-22H. The Kier molecular flexibility index (Phi) is 5.22. The van der Waals surface area contributed by atoms with Crippen molar-refractivity contribution >= 4 is 43.6 Å². The van der Waals surface area contributed by atoms with E-state index in [-0.39, 0.29) is 0 Å². The normalized spacial score (nSPS) is 11.3. The highest BCUT2D eigenvalue weighted by atomic mass is 15.0. The maximum Gasteiger partial charge on any atom is 0.0992 e. The van der Waals surface area contributed by atoms with Crippen LogP contribution in [0.5, 0.6) is 0 Å². The first-order chi connectivity index (χ1) is 20.7. The van der Waals surface area contributed by atoms with Crippen molar-refractivity contribution in [1.29, 1.82) is 10.5 Å². The van der Waals surface area contributed by atoms with E-state index in [2.05, 4.69) is 124 Å². The SMILES string of the molecule is N#Cc1cc(C#N)cc(-n2c3ccccc3c3cc(-c4ccc5c6ccccc6n(-c6ccccc6)c5c4)ccc32)c1. The van der Waals surface area contributed by atoms with Gasteiger partial charge in [0.05, 0.1) is 45.3 Å². The quantitative estimate of drug-likeness (QED) is 0.227. The van der Waals surface area contributed by atoms with Gasteiger partial charge in [-0.3, -0.25) is 0 Å². The second-order valence-electron chi connectivity index (χ2n) is 10.5. The molecular weight excluding hydrogens is 512 g/mol. The number of rotatable bonds is 3. The lowest BCUT2D eigenvalue weighted by Crippen LogP contribution is -1.96. The van der Waals surface area contributed by atoms with Crippen LogP contribution in [0.25, 0.3) is 66.1 Å². The number of aromatic nitrogens is 2. The smallest absolute Gasteiger partial charge is 0.0992 e. The van der Waals surface area contributed by atoms with Gasteiger partial charge in [0.1, 0.15) is 0 Å². The third kappa shape index (κ3) is 3.53. The highest BCUT2D eigenvalue weighted by Gasteiger charge is 2.16. The van der Waals surface area contributed by atoms with Gasteiger partial charge in [0.2, 0.25) is 0 Å². The minimum Gasteiger partial charge on any atom is -0.309 e. The molecular formula is C38H22N4. The Bertz CT molecular complexity index is 2400. The molecule has 0 fully saturated rings. The fourth-order valence-electron chi connectivity index (χ4n) is 6.31. The van der Waals surface area contributed by atoms with Crippen LogP contribution < -0.4 is 0 Å². The second kappa shape index (κ2) is 9.24. The molecule has 0 aliphatic rings. The van der Waals surface area contributed by atoms with Gasteiger partial charge < -0.3 is 9.13 Å². The molecule has 8 rings (SSSR count). The Labute approximate surface area is 242 Å². The molecule has 0 bridgehead atoms. The van der Waals surface area contributed by atoms with Gasteiger partial charge in [-0.05, 0) is 71.8 Å². The molecule has 0 radical (unpaired) electrons. The molecule has 0 unspecified atom stereocenters. The lowest BCUT2D eigenvalue weighted by atomic mass is 10.0. The molecule has 0 aliphatic carbocycles. The number of benzene rings is 6. The average Bonchev–Trinajstić information content (AvgIpc) is 3.57. The van der Waals surface area contributed by atoms with E-state index in [1.165, 1.54) is 21.8 Å². The summed E-state index contributed by atoms with van der Waals surface area (Å²) in [5.74, 6) is 0. The first kappa shape index (κ1) is 23.8. The summed E-state index contributed by atoms with van der Waals surface area (Å²) >= 11 is 0. The summed E-state index contributed by atoms with van der Waals surface area (Å²) in [7, 11) is 0. The minimum absolute atomic E-state index is 0.466. The average molecular weight is 535 g/mol. The first-order valence-electron chi connectivity index (χ1n) is 13.8. The van der Waals surface area contributed by atoms with Crippen molar-refractivity contribution in [1.82, 2.24) is 9.13 Å². The summed E-state index contributed by atoms with van der Waals surface area (Å²) in [6.07, 6.45) is 0. The van der Waals surface area contributed by atoms with Crippen LogP contribution in [-0.4, -0.2) is 9.13 Å². The van der Waals surface area contributed by atoms with Gasteiger partial charge in [-0.25, -0.2) is 0 Å². The van der Waals surface area contributed by atoms with Gasteiger partial charge in [-0.15, -0.1) is 0 Å². The van der Waals surface area contributed by atoms with Crippen LogP contribution in [0.3, 0.4) is 0 Å². The monoisotopic (exact) mass is 534 g/mol. The fraction of sp³-hybridized carbons (Fsp3) is 0. The molecule has 194 valence electrons. The third-order valence-corrected chi connectivity index (χ3v) is 8.13. The maximum atomic E-state index is 9.61. The topological polar surface area (TPSA) is 57.4 Å². The van der Waals surface area contributed by atoms with Gasteiger partial charge in [0.15, 0.2) is 0 Å². The molecule has 4 nitrogen and oxygen atoms in total. The Balaban J connectivity index is 1.37. The Hall–Kier alpha value is -6.10. The molecule has 2 heterocycles. The zero-order valence-corrected chi connectivity index (χ0v) is 22.5. The van der Waals surface area contributed by atoms with Gasteiger partial charge in [0, 0.05) is 32.9 Å². The van der Waals surface area contributed by atoms with Crippen LogP contribution in [0.15, 0.2) is 133 Å². The summed E-state index contributed by atoms with van der Waals surface area (Å²) in [6, 6.07) is 50.4. The lowest BCUT2D eigenvalue weighted by molar-refractivity contribution is 1.17. The van der Waals surface area contributed by atoms with Gasteiger partial charge in [-0.2, -0.15) is 10.5 Å². The number of hydrogen-bond donors (Lipinski definition) is 0. The molecule has 0 atom stereocenters. The largest absolute Gasteiger partial charge is 0.309 e. The minimum atomic E-state index is 0.466. The number of nitrogens with zero attached hydrogens (tertiary/aromatic N) is 4. The van der Waals surface area contributed by atoms with Gasteiger partial charge >= 0.3 is 0 Å². The van der Waals surface area contributed by atoms with Crippen molar-refractivity contribution in [3.8, 4) is 34.6 Å². The molecule has 2 aromatic heterocycles. The van der Waals surface area contributed by atoms with Crippen molar-refractivity contribution in [2.45, 2.75) is 0 Å². The Morgan fingerprint density at radius 1 is 0.381 bits per heavy atom. The van der Waals surface area contributed by atoms with Crippen LogP contribution >= 0.6 is 0 Å². The zero-order chi connectivity index (χ0) is 28.2. The predicted molar refractivity (Wildman–Crippen MR) is 170 cm³/mol. The molecule has 0 N–H and O–H groups in total. The molecule has 0 amide bonds. The van der Waals surface area contributed by atoms with E-state index in [1.54, 1.807) is 6.07 Å². The Morgan fingerprint density at radius 2 is 0.905 bits per heavy atom. The van der Waals surface area contributed by atoms with Crippen molar-refractivity contribution < 1.29 is 0 Å². The van der Waals surface area contributed by atoms with Crippen LogP contribution in [0.4, 0.5) is 0 Å². The fourth-order valence-corrected chi connectivity index (χ4v) is 6.31. The van der Waals surface area contributed by atoms with Crippen molar-refractivity contribution in [2.24, 2.45) is 0 Å². The summed E-state index contributed by atoms with van der Waals surface area (Å²) in [6.45, 7) is 0. The molecule has 42 heavy (non-hydrogen) atoms. The number of fused-ring (bicyclic) bond motifs is 6. The number of nitriles is 2. The van der Waals surface area contributed by atoms with E-state index in [4.69, 9.17) is 0 Å². The van der Waals surface area contributed by atoms with E-state index >= 15 is 0 Å². The molecule has 8 aromatic rings. The summed E-state index contributed by atoms with van der Waals surface area (Å²) in [5.41, 5.74) is 9.55. The second-order valence-corrected chi connectivity index (χ2v) is 10.5. The van der Waals surface area contributed by atoms with E-state index in [1.807, 2.05) is 24.3 Å². The van der Waals surface area contributed by atoms with Crippen molar-refractivity contribution in [2.75, 3.05) is 0 Å². The van der Waals surface area contributed by atoms with Crippen LogP contribution in [0, 0.1) is 22.7 Å². The highest BCUT2D eigenvalue weighted by molar-refractivity contribution is 6.12. The van der Waals surface area contributed by atoms with E-state index in [9.17, 15) is 10.5 Å². The molecule has 0 saturated heterocycles. The van der Waals surface area contributed by atoms with Crippen LogP contribution in [-0.2, 0) is 0 Å². The van der Waals surface area contributed by atoms with Crippen molar-refractivity contribution in [3.05, 3.63) is 145 Å². The Morgan fingerprint density at radius 3 is 1.60 bits per heavy atom. The van der Waals surface area contributed by atoms with Crippen molar-refractivity contribution in [3.63, 3.8) is 0 Å². The predicted octanol–water partition coefficient (Wildman–Crippen LogP) is 9.29. The highest BCUT2D eigenvalue weighted by Crippen LogP contribution is 2.38. The van der Waals surface area contributed by atoms with E-state index in [0.29, 0.717) is 11.1 Å². The summed E-state index contributed by atoms with van der Waals surface area (Å²) in [4.78, 5) is 0. The maximum absolute atomic E-state index is 9.61. The zero-order valence-electron chi connectivity index (χ0n) is 22.5. The van der Waals surface area contributed by atoms with E-state index in [0.717, 1.165) is 44.3 Å². The number of hydrogen-bond acceptors (Lipinski definition) is 2. The first-order valence-corrected chi connectivity index (χ1v) is 13.8. The molecule has 6 aromatic carbocycles. The van der Waals surface area contributed by atoms with Crippen LogP contribution in [0.1, 0.15) is 11.1 Å². The molecule has 0 spiro atoms. The van der Waals surface area contributed by atoms with Gasteiger partial charge in [-0.1, -0.05) is 72.8 Å². The molecule has 4 heteroatoms. The summed E-state index contributed by atoms with van der Waals surface area (Å²) in [5, 5.41) is 23.9.